The molecule has 2 aromatic carbocycles. The van der Waals surface area contributed by atoms with Gasteiger partial charge in [0.05, 0.1) is 0 Å². The van der Waals surface area contributed by atoms with Crippen LogP contribution in [0.3, 0.4) is 0 Å². The summed E-state index contributed by atoms with van der Waals surface area (Å²) in [5.41, 5.74) is 3.50. The van der Waals surface area contributed by atoms with Crippen LogP contribution in [0.2, 0.25) is 0 Å². The van der Waals surface area contributed by atoms with Gasteiger partial charge in [0, 0.05) is 57.7 Å². The zero-order valence-electron chi connectivity index (χ0n) is 19.7. The molecule has 3 aliphatic rings. The highest BCUT2D eigenvalue weighted by atomic mass is 16.2. The minimum atomic E-state index is -0.142. The molecule has 174 valence electrons. The highest BCUT2D eigenvalue weighted by Crippen LogP contribution is 2.35. The van der Waals surface area contributed by atoms with Crippen LogP contribution in [0.15, 0.2) is 30.3 Å². The van der Waals surface area contributed by atoms with Gasteiger partial charge in [-0.25, -0.2) is 4.79 Å². The molecule has 33 heavy (non-hydrogen) atoms. The fourth-order valence-electron chi connectivity index (χ4n) is 5.93. The van der Waals surface area contributed by atoms with E-state index in [1.165, 1.54) is 16.5 Å². The molecule has 1 atom stereocenters. The first-order valence-electron chi connectivity index (χ1n) is 12.3. The molecular weight excluding hydrogens is 414 g/mol. The number of hydrogen-bond acceptors (Lipinski definition) is 3. The van der Waals surface area contributed by atoms with Crippen molar-refractivity contribution in [3.05, 3.63) is 47.0 Å². The van der Waals surface area contributed by atoms with Crippen molar-refractivity contribution in [3.63, 3.8) is 0 Å². The van der Waals surface area contributed by atoms with Crippen molar-refractivity contribution in [2.75, 3.05) is 40.3 Å². The number of aryl methyl sites for hydroxylation is 2. The molecule has 5 rings (SSSR count). The normalized spacial score (nSPS) is 20.8. The van der Waals surface area contributed by atoms with Gasteiger partial charge in [0.2, 0.25) is 5.91 Å². The summed E-state index contributed by atoms with van der Waals surface area (Å²) in [5.74, 6) is 0.137. The number of hydrogen-bond donors (Lipinski definition) is 0. The molecular formula is C27H33N3O3. The number of rotatable bonds is 3. The van der Waals surface area contributed by atoms with Crippen molar-refractivity contribution in [2.45, 2.75) is 38.5 Å². The molecule has 2 fully saturated rings. The van der Waals surface area contributed by atoms with Gasteiger partial charge in [0.15, 0.2) is 5.78 Å². The fourth-order valence-corrected chi connectivity index (χ4v) is 5.93. The Bertz CT molecular complexity index is 1090. The van der Waals surface area contributed by atoms with E-state index < -0.39 is 0 Å². The molecule has 3 amide bonds. The lowest BCUT2D eigenvalue weighted by molar-refractivity contribution is -0.138. The molecule has 0 aromatic heterocycles. The summed E-state index contributed by atoms with van der Waals surface area (Å²) in [7, 11) is 3.51. The van der Waals surface area contributed by atoms with E-state index in [0.29, 0.717) is 32.5 Å². The Labute approximate surface area is 195 Å². The van der Waals surface area contributed by atoms with Crippen molar-refractivity contribution in [3.8, 4) is 0 Å². The van der Waals surface area contributed by atoms with Crippen LogP contribution in [0.1, 0.15) is 47.2 Å². The van der Waals surface area contributed by atoms with E-state index in [1.807, 2.05) is 15.9 Å². The van der Waals surface area contributed by atoms with Gasteiger partial charge in [-0.1, -0.05) is 30.3 Å². The van der Waals surface area contributed by atoms with Gasteiger partial charge < -0.3 is 14.7 Å². The third kappa shape index (κ3) is 4.00. The molecule has 0 bridgehead atoms. The van der Waals surface area contributed by atoms with Crippen LogP contribution < -0.4 is 0 Å². The summed E-state index contributed by atoms with van der Waals surface area (Å²) in [6.07, 6.45) is 5.19. The van der Waals surface area contributed by atoms with E-state index in [0.717, 1.165) is 43.2 Å². The van der Waals surface area contributed by atoms with Gasteiger partial charge >= 0.3 is 6.03 Å². The number of urea groups is 1. The molecule has 0 saturated carbocycles. The van der Waals surface area contributed by atoms with E-state index in [-0.39, 0.29) is 29.6 Å². The number of piperidine rings is 2. The number of nitrogens with zero attached hydrogens (tertiary/aromatic N) is 3. The molecule has 2 aliphatic heterocycles. The van der Waals surface area contributed by atoms with E-state index in [2.05, 4.69) is 24.3 Å². The Morgan fingerprint density at radius 3 is 2.30 bits per heavy atom. The monoisotopic (exact) mass is 447 g/mol. The second kappa shape index (κ2) is 8.81. The molecule has 0 spiro atoms. The lowest BCUT2D eigenvalue weighted by Gasteiger charge is -2.38. The lowest BCUT2D eigenvalue weighted by atomic mass is 9.86. The average Bonchev–Trinajstić information content (AvgIpc) is 3.28. The largest absolute Gasteiger partial charge is 0.342 e. The molecule has 0 radical (unpaired) electrons. The summed E-state index contributed by atoms with van der Waals surface area (Å²) in [6, 6.07) is 10.5. The topological polar surface area (TPSA) is 60.9 Å². The minimum Gasteiger partial charge on any atom is -0.342 e. The van der Waals surface area contributed by atoms with Gasteiger partial charge in [0.25, 0.3) is 0 Å². The standard InChI is InChI=1S/C27H33N3O3/c1-28(2)27(33)29-15-12-20(13-16-29)26(32)30-14-4-6-21(17-30)25(31)23-11-10-19-9-8-18-5-3-7-22(23)24(18)19/h3,5,7,10-11,20-21H,4,6,8-9,12-17H2,1-2H3. The number of amides is 3. The maximum atomic E-state index is 13.6. The highest BCUT2D eigenvalue weighted by molar-refractivity contribution is 6.11. The number of Topliss-reactive ketones (excluding diaryl/α,β-unsaturated/α-hetero) is 1. The maximum absolute atomic E-state index is 13.6. The first-order chi connectivity index (χ1) is 15.9. The summed E-state index contributed by atoms with van der Waals surface area (Å²) < 4.78 is 0. The second-order valence-electron chi connectivity index (χ2n) is 10.0. The predicted octanol–water partition coefficient (Wildman–Crippen LogP) is 3.75. The summed E-state index contributed by atoms with van der Waals surface area (Å²) in [6.45, 7) is 2.47. The van der Waals surface area contributed by atoms with Crippen molar-refractivity contribution >= 4 is 28.5 Å². The van der Waals surface area contributed by atoms with Gasteiger partial charge in [-0.3, -0.25) is 9.59 Å². The Balaban J connectivity index is 1.27. The zero-order chi connectivity index (χ0) is 23.1. The van der Waals surface area contributed by atoms with E-state index in [9.17, 15) is 14.4 Å². The Morgan fingerprint density at radius 1 is 0.848 bits per heavy atom. The van der Waals surface area contributed by atoms with Crippen LogP contribution in [0.5, 0.6) is 0 Å². The van der Waals surface area contributed by atoms with Crippen molar-refractivity contribution in [1.82, 2.24) is 14.7 Å². The molecule has 1 unspecified atom stereocenters. The molecule has 2 heterocycles. The third-order valence-electron chi connectivity index (χ3n) is 7.74. The van der Waals surface area contributed by atoms with Gasteiger partial charge in [-0.2, -0.15) is 0 Å². The molecule has 2 aromatic rings. The van der Waals surface area contributed by atoms with Gasteiger partial charge in [0.1, 0.15) is 0 Å². The van der Waals surface area contributed by atoms with Crippen LogP contribution in [-0.4, -0.2) is 72.7 Å². The van der Waals surface area contributed by atoms with E-state index in [4.69, 9.17) is 0 Å². The van der Waals surface area contributed by atoms with Gasteiger partial charge in [-0.05, 0) is 60.4 Å². The van der Waals surface area contributed by atoms with Crippen LogP contribution in [0, 0.1) is 11.8 Å². The molecule has 1 aliphatic carbocycles. The summed E-state index contributed by atoms with van der Waals surface area (Å²) >= 11 is 0. The SMILES string of the molecule is CN(C)C(=O)N1CCC(C(=O)N2CCCC(C(=O)c3ccc4c5c(cccc35)CC4)C2)CC1. The van der Waals surface area contributed by atoms with Crippen LogP contribution in [-0.2, 0) is 17.6 Å². The van der Waals surface area contributed by atoms with E-state index in [1.54, 1.807) is 19.0 Å². The number of carbonyl (C=O) groups excluding carboxylic acids is 3. The molecule has 0 N–H and O–H groups in total. The van der Waals surface area contributed by atoms with Crippen LogP contribution in [0.25, 0.3) is 10.8 Å². The van der Waals surface area contributed by atoms with E-state index >= 15 is 0 Å². The number of carbonyl (C=O) groups is 3. The highest BCUT2D eigenvalue weighted by Gasteiger charge is 2.35. The number of ketones is 1. The van der Waals surface area contributed by atoms with Crippen molar-refractivity contribution in [2.24, 2.45) is 11.8 Å². The molecule has 2 saturated heterocycles. The minimum absolute atomic E-state index is 0.00916. The second-order valence-corrected chi connectivity index (χ2v) is 10.0. The average molecular weight is 448 g/mol. The van der Waals surface area contributed by atoms with Crippen molar-refractivity contribution < 1.29 is 14.4 Å². The molecule has 6 heteroatoms. The predicted molar refractivity (Wildman–Crippen MR) is 128 cm³/mol. The smallest absolute Gasteiger partial charge is 0.319 e. The quantitative estimate of drug-likeness (QED) is 0.674. The third-order valence-corrected chi connectivity index (χ3v) is 7.74. The summed E-state index contributed by atoms with van der Waals surface area (Å²) in [4.78, 5) is 44.4. The fraction of sp³-hybridized carbons (Fsp3) is 0.519. The van der Waals surface area contributed by atoms with Crippen LogP contribution >= 0.6 is 0 Å². The van der Waals surface area contributed by atoms with Crippen LogP contribution in [0.4, 0.5) is 4.79 Å². The summed E-state index contributed by atoms with van der Waals surface area (Å²) in [5, 5.41) is 2.35. The van der Waals surface area contributed by atoms with Crippen molar-refractivity contribution in [1.29, 1.82) is 0 Å². The number of benzene rings is 2. The zero-order valence-corrected chi connectivity index (χ0v) is 19.7. The first-order valence-corrected chi connectivity index (χ1v) is 12.3. The number of likely N-dealkylation sites (tertiary alicyclic amines) is 2. The maximum Gasteiger partial charge on any atom is 0.319 e. The molecule has 6 nitrogen and oxygen atoms in total. The lowest BCUT2D eigenvalue weighted by Crippen LogP contribution is -2.49. The first kappa shape index (κ1) is 21.9. The Morgan fingerprint density at radius 2 is 1.58 bits per heavy atom. The Hall–Kier alpha value is -2.89. The Kier molecular flexibility index (Phi) is 5.85. The van der Waals surface area contributed by atoms with Gasteiger partial charge in [-0.15, -0.1) is 0 Å².